The predicted octanol–water partition coefficient (Wildman–Crippen LogP) is -1.15. The maximum atomic E-state index is 12.6. The number of nitrogens with zero attached hydrogens (tertiary/aromatic N) is 1. The summed E-state index contributed by atoms with van der Waals surface area (Å²) in [5.74, 6) is -4.29. The van der Waals surface area contributed by atoms with Crippen molar-refractivity contribution >= 4 is 23.8 Å². The van der Waals surface area contributed by atoms with Crippen molar-refractivity contribution in [1.82, 2.24) is 20.6 Å². The van der Waals surface area contributed by atoms with Crippen LogP contribution < -0.4 is 16.4 Å². The number of rotatable bonds is 11. The van der Waals surface area contributed by atoms with Crippen LogP contribution in [0.2, 0.25) is 0 Å². The summed E-state index contributed by atoms with van der Waals surface area (Å²) in [4.78, 5) is 53.4. The molecule has 0 spiro atoms. The van der Waals surface area contributed by atoms with Crippen LogP contribution in [0.25, 0.3) is 0 Å². The Morgan fingerprint density at radius 2 is 1.89 bits per heavy atom. The number of nitrogens with two attached hydrogens (primary N) is 1. The van der Waals surface area contributed by atoms with E-state index in [1.165, 1.54) is 12.5 Å². The summed E-state index contributed by atoms with van der Waals surface area (Å²) in [6.45, 7) is 3.51. The van der Waals surface area contributed by atoms with E-state index in [2.05, 4.69) is 20.6 Å². The van der Waals surface area contributed by atoms with E-state index in [1.807, 2.05) is 0 Å². The Bertz CT molecular complexity index is 662. The standard InChI is InChI=1S/C16H25N5O6/c1-3-8(2)13(21-14(24)10(17)5-12(22)23)15(25)20-11(16(26)27)4-9-6-18-7-19-9/h6-8,10-11,13H,3-5,17H2,1-2H3,(H,18,19)(H,20,25)(H,21,24)(H,22,23)(H,26,27). The minimum atomic E-state index is -1.32. The van der Waals surface area contributed by atoms with Crippen LogP contribution >= 0.6 is 0 Å². The number of imidazole rings is 1. The Morgan fingerprint density at radius 3 is 2.37 bits per heavy atom. The van der Waals surface area contributed by atoms with Gasteiger partial charge < -0.3 is 31.6 Å². The molecule has 0 aliphatic carbocycles. The summed E-state index contributed by atoms with van der Waals surface area (Å²) in [6.07, 6.45) is 2.76. The van der Waals surface area contributed by atoms with Crippen molar-refractivity contribution in [3.63, 3.8) is 0 Å². The number of hydrogen-bond acceptors (Lipinski definition) is 6. The average Bonchev–Trinajstić information content (AvgIpc) is 3.10. The van der Waals surface area contributed by atoms with Gasteiger partial charge in [-0.15, -0.1) is 0 Å². The normalized spacial score (nSPS) is 15.2. The number of carboxylic acid groups (broad SMARTS) is 2. The van der Waals surface area contributed by atoms with Crippen molar-refractivity contribution < 1.29 is 29.4 Å². The number of aliphatic carboxylic acids is 2. The van der Waals surface area contributed by atoms with Gasteiger partial charge in [0.15, 0.2) is 0 Å². The van der Waals surface area contributed by atoms with Crippen molar-refractivity contribution in [2.24, 2.45) is 11.7 Å². The van der Waals surface area contributed by atoms with Gasteiger partial charge in [-0.25, -0.2) is 9.78 Å². The number of carbonyl (C=O) groups is 4. The second-order valence-corrected chi connectivity index (χ2v) is 6.26. The van der Waals surface area contributed by atoms with E-state index < -0.39 is 48.3 Å². The van der Waals surface area contributed by atoms with Crippen LogP contribution in [-0.4, -0.2) is 62.1 Å². The topological polar surface area (TPSA) is 188 Å². The highest BCUT2D eigenvalue weighted by Gasteiger charge is 2.31. The zero-order valence-electron chi connectivity index (χ0n) is 15.1. The van der Waals surface area contributed by atoms with Crippen LogP contribution in [0.5, 0.6) is 0 Å². The van der Waals surface area contributed by atoms with Gasteiger partial charge in [0, 0.05) is 18.3 Å². The highest BCUT2D eigenvalue weighted by atomic mass is 16.4. The Labute approximate surface area is 155 Å². The van der Waals surface area contributed by atoms with Crippen LogP contribution in [0.4, 0.5) is 0 Å². The maximum Gasteiger partial charge on any atom is 0.326 e. The SMILES string of the molecule is CCC(C)C(NC(=O)C(N)CC(=O)O)C(=O)NC(Cc1cnc[nH]1)C(=O)O. The number of H-pyrrole nitrogens is 1. The van der Waals surface area contributed by atoms with Crippen molar-refractivity contribution in [1.29, 1.82) is 0 Å². The van der Waals surface area contributed by atoms with E-state index in [9.17, 15) is 24.3 Å². The molecule has 27 heavy (non-hydrogen) atoms. The van der Waals surface area contributed by atoms with E-state index in [0.29, 0.717) is 12.1 Å². The van der Waals surface area contributed by atoms with E-state index >= 15 is 0 Å². The fraction of sp³-hybridized carbons (Fsp3) is 0.562. The largest absolute Gasteiger partial charge is 0.481 e. The molecule has 150 valence electrons. The van der Waals surface area contributed by atoms with Crippen molar-refractivity contribution in [2.45, 2.75) is 51.2 Å². The molecule has 0 fully saturated rings. The van der Waals surface area contributed by atoms with Crippen LogP contribution in [0.1, 0.15) is 32.4 Å². The minimum absolute atomic E-state index is 0.0131. The molecule has 1 aromatic rings. The molecule has 4 atom stereocenters. The molecule has 0 aliphatic rings. The van der Waals surface area contributed by atoms with Gasteiger partial charge in [-0.3, -0.25) is 14.4 Å². The Morgan fingerprint density at radius 1 is 1.22 bits per heavy atom. The minimum Gasteiger partial charge on any atom is -0.481 e. The molecule has 1 aromatic heterocycles. The van der Waals surface area contributed by atoms with Gasteiger partial charge in [0.05, 0.1) is 18.8 Å². The van der Waals surface area contributed by atoms with Gasteiger partial charge in [-0.1, -0.05) is 20.3 Å². The summed E-state index contributed by atoms with van der Waals surface area (Å²) in [5.41, 5.74) is 6.04. The fourth-order valence-corrected chi connectivity index (χ4v) is 2.32. The number of nitrogens with one attached hydrogen (secondary N) is 3. The van der Waals surface area contributed by atoms with Crippen molar-refractivity contribution in [3.8, 4) is 0 Å². The first-order valence-electron chi connectivity index (χ1n) is 8.43. The number of aromatic amines is 1. The van der Waals surface area contributed by atoms with E-state index in [-0.39, 0.29) is 12.3 Å². The van der Waals surface area contributed by atoms with Gasteiger partial charge >= 0.3 is 11.9 Å². The number of aromatic nitrogens is 2. The zero-order valence-corrected chi connectivity index (χ0v) is 15.1. The van der Waals surface area contributed by atoms with E-state index in [4.69, 9.17) is 10.8 Å². The lowest BCUT2D eigenvalue weighted by Gasteiger charge is -2.26. The van der Waals surface area contributed by atoms with Crippen LogP contribution in [0.15, 0.2) is 12.5 Å². The maximum absolute atomic E-state index is 12.6. The number of carboxylic acids is 2. The molecule has 1 rings (SSSR count). The summed E-state index contributed by atoms with van der Waals surface area (Å²) < 4.78 is 0. The lowest BCUT2D eigenvalue weighted by molar-refractivity contribution is -0.143. The molecule has 4 unspecified atom stereocenters. The highest BCUT2D eigenvalue weighted by molar-refractivity contribution is 5.93. The van der Waals surface area contributed by atoms with E-state index in [1.54, 1.807) is 13.8 Å². The molecule has 2 amide bonds. The smallest absolute Gasteiger partial charge is 0.326 e. The highest BCUT2D eigenvalue weighted by Crippen LogP contribution is 2.10. The quantitative estimate of drug-likeness (QED) is 0.276. The van der Waals surface area contributed by atoms with Crippen LogP contribution in [0.3, 0.4) is 0 Å². The molecule has 7 N–H and O–H groups in total. The molecule has 0 saturated heterocycles. The molecule has 11 heteroatoms. The zero-order chi connectivity index (χ0) is 20.6. The van der Waals surface area contributed by atoms with Gasteiger partial charge in [-0.2, -0.15) is 0 Å². The summed E-state index contributed by atoms with van der Waals surface area (Å²) >= 11 is 0. The van der Waals surface area contributed by atoms with Gasteiger partial charge in [0.1, 0.15) is 12.1 Å². The summed E-state index contributed by atoms with van der Waals surface area (Å²) in [5, 5.41) is 22.9. The first kappa shape index (κ1) is 22.1. The summed E-state index contributed by atoms with van der Waals surface area (Å²) in [6, 6.07) is -3.60. The van der Waals surface area contributed by atoms with Crippen molar-refractivity contribution in [2.75, 3.05) is 0 Å². The second kappa shape index (κ2) is 10.3. The third-order valence-electron chi connectivity index (χ3n) is 4.12. The first-order valence-corrected chi connectivity index (χ1v) is 8.43. The Hall–Kier alpha value is -2.95. The molecule has 0 aliphatic heterocycles. The number of hydrogen-bond donors (Lipinski definition) is 6. The Balaban J connectivity index is 2.84. The monoisotopic (exact) mass is 383 g/mol. The first-order chi connectivity index (χ1) is 12.6. The molecule has 0 bridgehead atoms. The molecule has 0 saturated carbocycles. The third-order valence-corrected chi connectivity index (χ3v) is 4.12. The molecular weight excluding hydrogens is 358 g/mol. The lowest BCUT2D eigenvalue weighted by atomic mass is 9.97. The lowest BCUT2D eigenvalue weighted by Crippen LogP contribution is -2.57. The number of amides is 2. The van der Waals surface area contributed by atoms with Crippen LogP contribution in [-0.2, 0) is 25.6 Å². The number of carbonyl (C=O) groups excluding carboxylic acids is 2. The van der Waals surface area contributed by atoms with Gasteiger partial charge in [-0.05, 0) is 5.92 Å². The van der Waals surface area contributed by atoms with Gasteiger partial charge in [0.25, 0.3) is 0 Å². The van der Waals surface area contributed by atoms with Crippen LogP contribution in [0, 0.1) is 5.92 Å². The molecule has 0 aromatic carbocycles. The summed E-state index contributed by atoms with van der Waals surface area (Å²) in [7, 11) is 0. The predicted molar refractivity (Wildman–Crippen MR) is 93.5 cm³/mol. The average molecular weight is 383 g/mol. The molecule has 11 nitrogen and oxygen atoms in total. The fourth-order valence-electron chi connectivity index (χ4n) is 2.32. The molecule has 1 heterocycles. The van der Waals surface area contributed by atoms with E-state index in [0.717, 1.165) is 0 Å². The van der Waals surface area contributed by atoms with Gasteiger partial charge in [0.2, 0.25) is 11.8 Å². The Kier molecular flexibility index (Phi) is 8.39. The molecule has 0 radical (unpaired) electrons. The molecular formula is C16H25N5O6. The second-order valence-electron chi connectivity index (χ2n) is 6.26. The van der Waals surface area contributed by atoms with Crippen molar-refractivity contribution in [3.05, 3.63) is 18.2 Å². The third kappa shape index (κ3) is 7.05.